The van der Waals surface area contributed by atoms with Crippen molar-refractivity contribution in [3.05, 3.63) is 0 Å². The van der Waals surface area contributed by atoms with Crippen LogP contribution in [0, 0.1) is 0 Å². The fraction of sp³-hybridized carbons (Fsp3) is 0.778. The largest absolute Gasteiger partial charge is 0.481 e. The van der Waals surface area contributed by atoms with Crippen LogP contribution < -0.4 is 5.32 Å². The Bertz CT molecular complexity index is 208. The summed E-state index contributed by atoms with van der Waals surface area (Å²) in [5.41, 5.74) is 0. The average molecular weight is 218 g/mol. The number of hydrogen-bond donors (Lipinski definition) is 2. The first kappa shape index (κ1) is 13.9. The molecule has 15 heavy (non-hydrogen) atoms. The van der Waals surface area contributed by atoms with Crippen LogP contribution in [0.15, 0.2) is 0 Å². The van der Waals surface area contributed by atoms with Crippen LogP contribution in [-0.2, 0) is 14.3 Å². The van der Waals surface area contributed by atoms with Crippen molar-refractivity contribution in [1.29, 1.82) is 0 Å². The number of amides is 1. The monoisotopic (exact) mass is 218 g/mol. The normalized spacial score (nSPS) is 10.3. The molecule has 0 radical (unpaired) electrons. The highest BCUT2D eigenvalue weighted by molar-refractivity contribution is 5.77. The second-order valence-electron chi connectivity index (χ2n) is 3.09. The number of carboxylic acids is 1. The van der Waals surface area contributed by atoms with E-state index in [1.807, 2.05) is 0 Å². The van der Waals surface area contributed by atoms with E-state index < -0.39 is 5.97 Å². The molecule has 0 aromatic heterocycles. The number of methoxy groups -OCH3 is 1. The second kappa shape index (κ2) is 8.19. The van der Waals surface area contributed by atoms with Crippen LogP contribution in [0.3, 0.4) is 0 Å². The van der Waals surface area contributed by atoms with Gasteiger partial charge in [-0.15, -0.1) is 0 Å². The number of rotatable bonds is 8. The van der Waals surface area contributed by atoms with Gasteiger partial charge >= 0.3 is 5.97 Å². The van der Waals surface area contributed by atoms with E-state index in [0.29, 0.717) is 19.7 Å². The minimum absolute atomic E-state index is 0.0285. The predicted octanol–water partition coefficient (Wildman–Crippen LogP) is -0.844. The van der Waals surface area contributed by atoms with Gasteiger partial charge in [-0.05, 0) is 0 Å². The highest BCUT2D eigenvalue weighted by Gasteiger charge is 2.10. The molecule has 88 valence electrons. The number of carbonyl (C=O) groups is 2. The quantitative estimate of drug-likeness (QED) is 0.555. The van der Waals surface area contributed by atoms with Crippen LogP contribution in [0.2, 0.25) is 0 Å². The number of hydrogen-bond acceptors (Lipinski definition) is 4. The molecule has 0 heterocycles. The van der Waals surface area contributed by atoms with Gasteiger partial charge in [0.05, 0.1) is 19.6 Å². The maximum absolute atomic E-state index is 11.1. The van der Waals surface area contributed by atoms with Crippen molar-refractivity contribution in [3.63, 3.8) is 0 Å². The van der Waals surface area contributed by atoms with Crippen LogP contribution in [0.25, 0.3) is 0 Å². The van der Waals surface area contributed by atoms with E-state index in [0.717, 1.165) is 0 Å². The molecule has 0 spiro atoms. The fourth-order valence-corrected chi connectivity index (χ4v) is 1.03. The Kier molecular flexibility index (Phi) is 7.57. The Morgan fingerprint density at radius 2 is 2.07 bits per heavy atom. The van der Waals surface area contributed by atoms with Crippen molar-refractivity contribution in [2.45, 2.75) is 6.42 Å². The molecule has 0 bridgehead atoms. The van der Waals surface area contributed by atoms with Gasteiger partial charge in [0.2, 0.25) is 5.91 Å². The van der Waals surface area contributed by atoms with Gasteiger partial charge in [-0.1, -0.05) is 0 Å². The van der Waals surface area contributed by atoms with Crippen molar-refractivity contribution in [1.82, 2.24) is 10.2 Å². The molecule has 1 amide bonds. The third-order valence-corrected chi connectivity index (χ3v) is 1.90. The zero-order valence-corrected chi connectivity index (χ0v) is 9.15. The van der Waals surface area contributed by atoms with E-state index in [4.69, 9.17) is 9.84 Å². The van der Waals surface area contributed by atoms with E-state index in [9.17, 15) is 9.59 Å². The fourth-order valence-electron chi connectivity index (χ4n) is 1.03. The van der Waals surface area contributed by atoms with E-state index >= 15 is 0 Å². The average Bonchev–Trinajstić information content (AvgIpc) is 2.21. The van der Waals surface area contributed by atoms with Gasteiger partial charge in [-0.2, -0.15) is 0 Å². The van der Waals surface area contributed by atoms with Crippen LogP contribution in [0.1, 0.15) is 6.42 Å². The van der Waals surface area contributed by atoms with Gasteiger partial charge < -0.3 is 15.2 Å². The summed E-state index contributed by atoms with van der Waals surface area (Å²) in [5, 5.41) is 11.0. The van der Waals surface area contributed by atoms with E-state index in [1.54, 1.807) is 19.1 Å². The Morgan fingerprint density at radius 1 is 1.40 bits per heavy atom. The number of ether oxygens (including phenoxy) is 1. The van der Waals surface area contributed by atoms with E-state index in [-0.39, 0.29) is 18.9 Å². The number of likely N-dealkylation sites (N-methyl/N-ethyl adjacent to an activating group) is 1. The van der Waals surface area contributed by atoms with Gasteiger partial charge in [-0.3, -0.25) is 14.5 Å². The highest BCUT2D eigenvalue weighted by atomic mass is 16.5. The molecule has 0 aliphatic rings. The van der Waals surface area contributed by atoms with Crippen LogP contribution >= 0.6 is 0 Å². The summed E-state index contributed by atoms with van der Waals surface area (Å²) in [4.78, 5) is 23.2. The predicted molar refractivity (Wildman–Crippen MR) is 54.6 cm³/mol. The summed E-state index contributed by atoms with van der Waals surface area (Å²) in [6.07, 6.45) is 0.0285. The lowest BCUT2D eigenvalue weighted by atomic mass is 10.3. The summed E-state index contributed by atoms with van der Waals surface area (Å²) in [6.45, 7) is 1.59. The Labute approximate surface area is 89.2 Å². The molecule has 0 fully saturated rings. The van der Waals surface area contributed by atoms with Crippen molar-refractivity contribution in [2.24, 2.45) is 0 Å². The highest BCUT2D eigenvalue weighted by Crippen LogP contribution is 1.92. The maximum atomic E-state index is 11.1. The molecule has 0 aliphatic carbocycles. The standard InChI is InChI=1S/C9H18N2O4/c1-10-8(12)7-11(5-6-15-2)4-3-9(13)14/h3-7H2,1-2H3,(H,10,12)(H,13,14). The number of carbonyl (C=O) groups excluding carboxylic acids is 1. The first-order valence-electron chi connectivity index (χ1n) is 4.73. The number of nitrogens with one attached hydrogen (secondary N) is 1. The molecule has 0 aliphatic heterocycles. The van der Waals surface area contributed by atoms with Gasteiger partial charge in [0.25, 0.3) is 0 Å². The molecule has 0 aromatic carbocycles. The second-order valence-corrected chi connectivity index (χ2v) is 3.09. The molecule has 0 saturated carbocycles. The summed E-state index contributed by atoms with van der Waals surface area (Å²) >= 11 is 0. The minimum Gasteiger partial charge on any atom is -0.481 e. The first-order valence-corrected chi connectivity index (χ1v) is 4.73. The molecule has 0 rings (SSSR count). The third-order valence-electron chi connectivity index (χ3n) is 1.90. The maximum Gasteiger partial charge on any atom is 0.304 e. The molecule has 0 aromatic rings. The number of nitrogens with zero attached hydrogens (tertiary/aromatic N) is 1. The molecule has 2 N–H and O–H groups in total. The van der Waals surface area contributed by atoms with E-state index in [2.05, 4.69) is 5.32 Å². The molecule has 6 heteroatoms. The van der Waals surface area contributed by atoms with Gasteiger partial charge in [-0.25, -0.2) is 0 Å². The van der Waals surface area contributed by atoms with E-state index in [1.165, 1.54) is 0 Å². The lowest BCUT2D eigenvalue weighted by molar-refractivity contribution is -0.137. The van der Waals surface area contributed by atoms with Crippen LogP contribution in [0.4, 0.5) is 0 Å². The number of aliphatic carboxylic acids is 1. The van der Waals surface area contributed by atoms with Gasteiger partial charge in [0, 0.05) is 27.2 Å². The molecule has 6 nitrogen and oxygen atoms in total. The van der Waals surface area contributed by atoms with Crippen molar-refractivity contribution >= 4 is 11.9 Å². The van der Waals surface area contributed by atoms with Gasteiger partial charge in [0.15, 0.2) is 0 Å². The molecule has 0 unspecified atom stereocenters. The molecular formula is C9H18N2O4. The minimum atomic E-state index is -0.866. The van der Waals surface area contributed by atoms with Crippen molar-refractivity contribution < 1.29 is 19.4 Å². The van der Waals surface area contributed by atoms with Crippen molar-refractivity contribution in [3.8, 4) is 0 Å². The zero-order chi connectivity index (χ0) is 11.7. The Hall–Kier alpha value is -1.14. The summed E-state index contributed by atoms with van der Waals surface area (Å²) in [7, 11) is 3.11. The third kappa shape index (κ3) is 7.90. The summed E-state index contributed by atoms with van der Waals surface area (Å²) < 4.78 is 4.87. The van der Waals surface area contributed by atoms with Crippen LogP contribution in [0.5, 0.6) is 0 Å². The topological polar surface area (TPSA) is 78.9 Å². The van der Waals surface area contributed by atoms with Crippen molar-refractivity contribution in [2.75, 3.05) is 40.4 Å². The smallest absolute Gasteiger partial charge is 0.304 e. The first-order chi connectivity index (χ1) is 7.10. The lowest BCUT2D eigenvalue weighted by Crippen LogP contribution is -2.38. The Morgan fingerprint density at radius 3 is 2.53 bits per heavy atom. The Balaban J connectivity index is 3.93. The SMILES string of the molecule is CNC(=O)CN(CCOC)CCC(=O)O. The zero-order valence-electron chi connectivity index (χ0n) is 9.15. The molecular weight excluding hydrogens is 200 g/mol. The lowest BCUT2D eigenvalue weighted by Gasteiger charge is -2.19. The van der Waals surface area contributed by atoms with Crippen LogP contribution in [-0.4, -0.2) is 62.3 Å². The number of carboxylic acid groups (broad SMARTS) is 1. The molecule has 0 atom stereocenters. The molecule has 0 saturated heterocycles. The summed E-state index contributed by atoms with van der Waals surface area (Å²) in [6, 6.07) is 0. The van der Waals surface area contributed by atoms with Gasteiger partial charge in [0.1, 0.15) is 0 Å². The summed E-state index contributed by atoms with van der Waals surface area (Å²) in [5.74, 6) is -0.995.